The van der Waals surface area contributed by atoms with Gasteiger partial charge < -0.3 is 8.83 Å². The van der Waals surface area contributed by atoms with Gasteiger partial charge in [-0.15, -0.1) is 0 Å². The SMILES string of the molecule is c1ccc(-c2nc3ccccc3n2-c2ccc(-c3ccc4c(-c5ccc6oc7cc8ccccc8cc7c6c5)c5ccccc5c(-c5ccc6oc7cc8ccccc8cc7c6c5)c4c3)cc2)cc1. The molecule has 12 aromatic carbocycles. The molecule has 69 heavy (non-hydrogen) atoms. The molecule has 0 aliphatic carbocycles. The van der Waals surface area contributed by atoms with Crippen LogP contribution >= 0.6 is 0 Å². The average molecular weight is 879 g/mol. The van der Waals surface area contributed by atoms with E-state index in [2.05, 4.69) is 229 Å². The molecule has 4 nitrogen and oxygen atoms in total. The smallest absolute Gasteiger partial charge is 0.145 e. The fraction of sp³-hybridized carbons (Fsp3) is 0. The number of hydrogen-bond donors (Lipinski definition) is 0. The lowest BCUT2D eigenvalue weighted by molar-refractivity contribution is 0.669. The zero-order chi connectivity index (χ0) is 45.2. The van der Waals surface area contributed by atoms with Crippen molar-refractivity contribution in [3.05, 3.63) is 231 Å². The number of benzene rings is 12. The summed E-state index contributed by atoms with van der Waals surface area (Å²) >= 11 is 0. The topological polar surface area (TPSA) is 44.1 Å². The zero-order valence-electron chi connectivity index (χ0n) is 37.2. The average Bonchev–Trinajstić information content (AvgIpc) is 4.09. The summed E-state index contributed by atoms with van der Waals surface area (Å²) in [5, 5.41) is 13.9. The maximum absolute atomic E-state index is 6.54. The first-order valence-corrected chi connectivity index (χ1v) is 23.5. The Kier molecular flexibility index (Phi) is 8.04. The molecule has 0 aliphatic rings. The highest BCUT2D eigenvalue weighted by molar-refractivity contribution is 6.24. The summed E-state index contributed by atoms with van der Waals surface area (Å²) in [4.78, 5) is 5.11. The number of para-hydroxylation sites is 2. The van der Waals surface area contributed by atoms with Crippen LogP contribution in [-0.2, 0) is 0 Å². The molecule has 0 bridgehead atoms. The van der Waals surface area contributed by atoms with Crippen LogP contribution < -0.4 is 0 Å². The van der Waals surface area contributed by atoms with Gasteiger partial charge in [0.05, 0.1) is 11.0 Å². The van der Waals surface area contributed by atoms with E-state index in [1.54, 1.807) is 0 Å². The van der Waals surface area contributed by atoms with Gasteiger partial charge in [-0.2, -0.15) is 0 Å². The van der Waals surface area contributed by atoms with E-state index >= 15 is 0 Å². The first-order valence-electron chi connectivity index (χ1n) is 23.5. The Bertz CT molecular complexity index is 4590. The van der Waals surface area contributed by atoms with Crippen molar-refractivity contribution in [2.24, 2.45) is 0 Å². The monoisotopic (exact) mass is 878 g/mol. The lowest BCUT2D eigenvalue weighted by atomic mass is 9.84. The van der Waals surface area contributed by atoms with E-state index in [1.807, 2.05) is 6.07 Å². The van der Waals surface area contributed by atoms with Gasteiger partial charge in [0.25, 0.3) is 0 Å². The third-order valence-corrected chi connectivity index (χ3v) is 14.3. The molecule has 320 valence electrons. The number of aromatic nitrogens is 2. The van der Waals surface area contributed by atoms with E-state index in [-0.39, 0.29) is 0 Å². The van der Waals surface area contributed by atoms with Crippen molar-refractivity contribution >= 4 is 98.0 Å². The first kappa shape index (κ1) is 37.9. The van der Waals surface area contributed by atoms with Gasteiger partial charge >= 0.3 is 0 Å². The molecule has 0 radical (unpaired) electrons. The Labute approximate surface area is 395 Å². The molecule has 0 atom stereocenters. The minimum absolute atomic E-state index is 0.879. The Hall–Kier alpha value is -9.25. The van der Waals surface area contributed by atoms with Crippen LogP contribution in [-0.4, -0.2) is 9.55 Å². The fourth-order valence-electron chi connectivity index (χ4n) is 11.1. The van der Waals surface area contributed by atoms with Crippen molar-refractivity contribution in [1.82, 2.24) is 9.55 Å². The molecule has 0 N–H and O–H groups in total. The summed E-state index contributed by atoms with van der Waals surface area (Å²) in [6.45, 7) is 0. The molecule has 3 heterocycles. The maximum atomic E-state index is 6.54. The molecule has 0 unspecified atom stereocenters. The highest BCUT2D eigenvalue weighted by Crippen LogP contribution is 2.47. The largest absolute Gasteiger partial charge is 0.456 e. The number of hydrogen-bond acceptors (Lipinski definition) is 3. The number of fused-ring (bicyclic) bond motifs is 11. The molecule has 0 saturated heterocycles. The quantitative estimate of drug-likeness (QED) is 0.162. The minimum atomic E-state index is 0.879. The van der Waals surface area contributed by atoms with E-state index in [4.69, 9.17) is 13.8 Å². The molecule has 0 amide bonds. The van der Waals surface area contributed by atoms with Crippen LogP contribution in [0.3, 0.4) is 0 Å². The third-order valence-electron chi connectivity index (χ3n) is 14.3. The Morgan fingerprint density at radius 1 is 0.290 bits per heavy atom. The maximum Gasteiger partial charge on any atom is 0.145 e. The molecule has 0 aliphatic heterocycles. The lowest BCUT2D eigenvalue weighted by Gasteiger charge is -2.19. The van der Waals surface area contributed by atoms with Crippen molar-refractivity contribution in [3.63, 3.8) is 0 Å². The van der Waals surface area contributed by atoms with E-state index < -0.39 is 0 Å². The van der Waals surface area contributed by atoms with E-state index in [1.165, 1.54) is 54.2 Å². The molecule has 4 heteroatoms. The Morgan fingerprint density at radius 2 is 0.754 bits per heavy atom. The van der Waals surface area contributed by atoms with Crippen LogP contribution in [0.25, 0.3) is 148 Å². The molecule has 0 saturated carbocycles. The lowest BCUT2D eigenvalue weighted by Crippen LogP contribution is -1.97. The van der Waals surface area contributed by atoms with E-state index in [0.717, 1.165) is 94.2 Å². The minimum Gasteiger partial charge on any atom is -0.456 e. The summed E-state index contributed by atoms with van der Waals surface area (Å²) < 4.78 is 15.3. The molecule has 0 fully saturated rings. The Balaban J connectivity index is 0.961. The van der Waals surface area contributed by atoms with E-state index in [0.29, 0.717) is 0 Å². The van der Waals surface area contributed by atoms with Crippen molar-refractivity contribution in [2.45, 2.75) is 0 Å². The second-order valence-electron chi connectivity index (χ2n) is 18.2. The second-order valence-corrected chi connectivity index (χ2v) is 18.2. The highest BCUT2D eigenvalue weighted by Gasteiger charge is 2.21. The molecular weight excluding hydrogens is 841 g/mol. The summed E-state index contributed by atoms with van der Waals surface area (Å²) in [5.74, 6) is 0.921. The van der Waals surface area contributed by atoms with Gasteiger partial charge in [0.15, 0.2) is 0 Å². The first-order chi connectivity index (χ1) is 34.2. The van der Waals surface area contributed by atoms with Gasteiger partial charge in [0.1, 0.15) is 28.2 Å². The molecule has 15 rings (SSSR count). The van der Waals surface area contributed by atoms with Gasteiger partial charge in [-0.25, -0.2) is 4.98 Å². The normalized spacial score (nSPS) is 12.1. The summed E-state index contributed by atoms with van der Waals surface area (Å²) in [6, 6.07) is 83.0. The number of nitrogens with zero attached hydrogens (tertiary/aromatic N) is 2. The van der Waals surface area contributed by atoms with Gasteiger partial charge in [-0.05, 0) is 155 Å². The van der Waals surface area contributed by atoms with Gasteiger partial charge in [-0.1, -0.05) is 152 Å². The predicted octanol–water partition coefficient (Wildman–Crippen LogP) is 18.1. The number of rotatable bonds is 5. The summed E-state index contributed by atoms with van der Waals surface area (Å²) in [6.07, 6.45) is 0. The van der Waals surface area contributed by atoms with Gasteiger partial charge in [-0.3, -0.25) is 4.57 Å². The van der Waals surface area contributed by atoms with Crippen LogP contribution in [0.2, 0.25) is 0 Å². The fourth-order valence-corrected chi connectivity index (χ4v) is 11.1. The highest BCUT2D eigenvalue weighted by atomic mass is 16.3. The molecule has 15 aromatic rings. The second kappa shape index (κ2) is 14.6. The standard InChI is InChI=1S/C65H38N2O2/c1-2-12-40(13-3-1)65-66-57-20-10-11-21-58(57)67(65)48-27-22-39(23-28-48)45-24-29-51-56(34-45)64(47-26-31-60-53(36-47)55-33-42-15-5-7-17-44(42)38-62(55)69-60)50-19-9-8-18-49(50)63(51)46-25-30-59-52(35-46)54-32-41-14-4-6-16-43(41)37-61(54)68-59/h1-38H. The van der Waals surface area contributed by atoms with Crippen LogP contribution in [0.15, 0.2) is 239 Å². The van der Waals surface area contributed by atoms with Crippen molar-refractivity contribution in [3.8, 4) is 50.5 Å². The number of furan rings is 2. The third kappa shape index (κ3) is 5.86. The van der Waals surface area contributed by atoms with Crippen LogP contribution in [0.4, 0.5) is 0 Å². The summed E-state index contributed by atoms with van der Waals surface area (Å²) in [5.41, 5.74) is 14.7. The molecule has 3 aromatic heterocycles. The van der Waals surface area contributed by atoms with Crippen molar-refractivity contribution < 1.29 is 8.83 Å². The van der Waals surface area contributed by atoms with Gasteiger partial charge in [0, 0.05) is 32.8 Å². The van der Waals surface area contributed by atoms with Crippen LogP contribution in [0.5, 0.6) is 0 Å². The summed E-state index contributed by atoms with van der Waals surface area (Å²) in [7, 11) is 0. The number of imidazole rings is 1. The van der Waals surface area contributed by atoms with Crippen LogP contribution in [0, 0.1) is 0 Å². The van der Waals surface area contributed by atoms with Crippen molar-refractivity contribution in [1.29, 1.82) is 0 Å². The Morgan fingerprint density at radius 3 is 1.38 bits per heavy atom. The van der Waals surface area contributed by atoms with Crippen LogP contribution in [0.1, 0.15) is 0 Å². The molecule has 0 spiro atoms. The van der Waals surface area contributed by atoms with Gasteiger partial charge in [0.2, 0.25) is 0 Å². The molecular formula is C65H38N2O2. The predicted molar refractivity (Wildman–Crippen MR) is 287 cm³/mol. The zero-order valence-corrected chi connectivity index (χ0v) is 37.2. The van der Waals surface area contributed by atoms with Crippen molar-refractivity contribution in [2.75, 3.05) is 0 Å². The van der Waals surface area contributed by atoms with E-state index in [9.17, 15) is 0 Å².